The lowest BCUT2D eigenvalue weighted by Crippen LogP contribution is -2.42. The molecule has 7 heteroatoms. The molecule has 2 heterocycles. The van der Waals surface area contributed by atoms with Gasteiger partial charge in [-0.3, -0.25) is 19.3 Å². The summed E-state index contributed by atoms with van der Waals surface area (Å²) in [5.74, 6) is 0.517. The molecule has 0 spiro atoms. The molecule has 7 nitrogen and oxygen atoms in total. The maximum Gasteiger partial charge on any atom is 0.242 e. The van der Waals surface area contributed by atoms with Crippen molar-refractivity contribution in [1.82, 2.24) is 20.4 Å². The summed E-state index contributed by atoms with van der Waals surface area (Å²) in [6.45, 7) is 4.20. The SMILES string of the molecule is CC(=O)NCC(=O)N1C[C@@H]2CN(CC(=O)NC3CC3)C[C@@H]2[C@H]1c1ccccc1. The van der Waals surface area contributed by atoms with Gasteiger partial charge in [-0.25, -0.2) is 0 Å². The number of rotatable bonds is 6. The maximum atomic E-state index is 12.8. The van der Waals surface area contributed by atoms with E-state index in [1.54, 1.807) is 0 Å². The highest BCUT2D eigenvalue weighted by Gasteiger charge is 2.49. The van der Waals surface area contributed by atoms with E-state index in [1.165, 1.54) is 6.92 Å². The molecule has 0 aromatic heterocycles. The van der Waals surface area contributed by atoms with Crippen molar-refractivity contribution in [3.05, 3.63) is 35.9 Å². The van der Waals surface area contributed by atoms with Crippen LogP contribution in [0.15, 0.2) is 30.3 Å². The van der Waals surface area contributed by atoms with Crippen molar-refractivity contribution < 1.29 is 14.4 Å². The van der Waals surface area contributed by atoms with Crippen molar-refractivity contribution in [2.24, 2.45) is 11.8 Å². The zero-order valence-corrected chi connectivity index (χ0v) is 16.3. The molecule has 3 fully saturated rings. The van der Waals surface area contributed by atoms with Gasteiger partial charge in [-0.1, -0.05) is 30.3 Å². The largest absolute Gasteiger partial charge is 0.352 e. The van der Waals surface area contributed by atoms with Gasteiger partial charge >= 0.3 is 0 Å². The molecule has 0 radical (unpaired) electrons. The highest BCUT2D eigenvalue weighted by Crippen LogP contribution is 2.44. The number of nitrogens with zero attached hydrogens (tertiary/aromatic N) is 2. The van der Waals surface area contributed by atoms with Crippen LogP contribution in [0.3, 0.4) is 0 Å². The molecule has 4 rings (SSSR count). The Hall–Kier alpha value is -2.41. The molecule has 3 amide bonds. The standard InChI is InChI=1S/C21H28N4O3/c1-14(26)22-9-20(28)25-11-16-10-24(13-19(27)23-17-7-8-17)12-18(16)21(25)15-5-3-2-4-6-15/h2-6,16-18,21H,7-13H2,1H3,(H,22,26)(H,23,27)/t16-,18-,21+/m0/s1. The van der Waals surface area contributed by atoms with Gasteiger partial charge in [0.2, 0.25) is 17.7 Å². The van der Waals surface area contributed by atoms with Gasteiger partial charge in [-0.2, -0.15) is 0 Å². The second-order valence-electron chi connectivity index (χ2n) is 8.27. The molecule has 3 aliphatic rings. The van der Waals surface area contributed by atoms with Gasteiger partial charge in [0.25, 0.3) is 0 Å². The fraction of sp³-hybridized carbons (Fsp3) is 0.571. The van der Waals surface area contributed by atoms with Gasteiger partial charge in [0, 0.05) is 38.5 Å². The van der Waals surface area contributed by atoms with Crippen LogP contribution in [0.5, 0.6) is 0 Å². The van der Waals surface area contributed by atoms with Crippen LogP contribution in [0, 0.1) is 11.8 Å². The third-order valence-electron chi connectivity index (χ3n) is 6.00. The Kier molecular flexibility index (Phi) is 5.35. The van der Waals surface area contributed by atoms with E-state index in [0.717, 1.165) is 31.5 Å². The first kappa shape index (κ1) is 18.9. The molecule has 2 saturated heterocycles. The van der Waals surface area contributed by atoms with Crippen LogP contribution < -0.4 is 10.6 Å². The summed E-state index contributed by atoms with van der Waals surface area (Å²) in [5.41, 5.74) is 1.12. The van der Waals surface area contributed by atoms with Crippen LogP contribution in [0.25, 0.3) is 0 Å². The summed E-state index contributed by atoms with van der Waals surface area (Å²) in [6.07, 6.45) is 2.19. The van der Waals surface area contributed by atoms with Crippen molar-refractivity contribution >= 4 is 17.7 Å². The zero-order chi connectivity index (χ0) is 19.7. The van der Waals surface area contributed by atoms with Gasteiger partial charge in [-0.05, 0) is 24.3 Å². The second kappa shape index (κ2) is 7.91. The summed E-state index contributed by atoms with van der Waals surface area (Å²) >= 11 is 0. The van der Waals surface area contributed by atoms with Crippen LogP contribution in [-0.4, -0.2) is 66.3 Å². The van der Waals surface area contributed by atoms with Gasteiger partial charge in [0.1, 0.15) is 0 Å². The highest BCUT2D eigenvalue weighted by molar-refractivity contribution is 5.84. The van der Waals surface area contributed by atoms with Crippen LogP contribution in [-0.2, 0) is 14.4 Å². The Labute approximate surface area is 165 Å². The van der Waals surface area contributed by atoms with E-state index >= 15 is 0 Å². The maximum absolute atomic E-state index is 12.8. The van der Waals surface area contributed by atoms with E-state index in [4.69, 9.17) is 0 Å². The number of nitrogens with one attached hydrogen (secondary N) is 2. The molecule has 0 bridgehead atoms. The molecule has 1 aliphatic carbocycles. The third-order valence-corrected chi connectivity index (χ3v) is 6.00. The lowest BCUT2D eigenvalue weighted by molar-refractivity contribution is -0.134. The number of likely N-dealkylation sites (tertiary alicyclic amines) is 2. The lowest BCUT2D eigenvalue weighted by atomic mass is 9.89. The monoisotopic (exact) mass is 384 g/mol. The Morgan fingerprint density at radius 1 is 1.07 bits per heavy atom. The molecule has 3 atom stereocenters. The van der Waals surface area contributed by atoms with E-state index in [1.807, 2.05) is 23.1 Å². The molecule has 0 unspecified atom stereocenters. The van der Waals surface area contributed by atoms with Gasteiger partial charge in [-0.15, -0.1) is 0 Å². The molecular formula is C21H28N4O3. The molecular weight excluding hydrogens is 356 g/mol. The summed E-state index contributed by atoms with van der Waals surface area (Å²) < 4.78 is 0. The van der Waals surface area contributed by atoms with Crippen LogP contribution >= 0.6 is 0 Å². The van der Waals surface area contributed by atoms with E-state index < -0.39 is 0 Å². The first-order valence-electron chi connectivity index (χ1n) is 10.1. The Morgan fingerprint density at radius 3 is 2.50 bits per heavy atom. The van der Waals surface area contributed by atoms with E-state index in [-0.39, 0.29) is 30.3 Å². The minimum absolute atomic E-state index is 0.0102. The average molecular weight is 384 g/mol. The smallest absolute Gasteiger partial charge is 0.242 e. The van der Waals surface area contributed by atoms with E-state index in [2.05, 4.69) is 27.7 Å². The van der Waals surface area contributed by atoms with Crippen LogP contribution in [0.1, 0.15) is 31.4 Å². The lowest BCUT2D eigenvalue weighted by Gasteiger charge is -2.30. The average Bonchev–Trinajstić information content (AvgIpc) is 3.28. The van der Waals surface area contributed by atoms with Crippen molar-refractivity contribution in [3.63, 3.8) is 0 Å². The predicted molar refractivity (Wildman–Crippen MR) is 104 cm³/mol. The summed E-state index contributed by atoms with van der Waals surface area (Å²) in [6, 6.07) is 10.5. The third kappa shape index (κ3) is 4.19. The highest BCUT2D eigenvalue weighted by atomic mass is 16.2. The number of hydrogen-bond acceptors (Lipinski definition) is 4. The quantitative estimate of drug-likeness (QED) is 0.750. The number of carbonyl (C=O) groups is 3. The Bertz CT molecular complexity index is 749. The fourth-order valence-corrected chi connectivity index (χ4v) is 4.61. The van der Waals surface area contributed by atoms with Crippen molar-refractivity contribution in [2.45, 2.75) is 31.8 Å². The zero-order valence-electron chi connectivity index (χ0n) is 16.3. The minimum atomic E-state index is -0.197. The van der Waals surface area contributed by atoms with Crippen LogP contribution in [0.4, 0.5) is 0 Å². The van der Waals surface area contributed by atoms with Crippen molar-refractivity contribution in [2.75, 3.05) is 32.7 Å². The van der Waals surface area contributed by atoms with Gasteiger partial charge < -0.3 is 15.5 Å². The van der Waals surface area contributed by atoms with Gasteiger partial charge in [0.05, 0.1) is 19.1 Å². The molecule has 150 valence electrons. The van der Waals surface area contributed by atoms with Crippen molar-refractivity contribution in [1.29, 1.82) is 0 Å². The van der Waals surface area contributed by atoms with Gasteiger partial charge in [0.15, 0.2) is 0 Å². The predicted octanol–water partition coefficient (Wildman–Crippen LogP) is 0.533. The second-order valence-corrected chi connectivity index (χ2v) is 8.27. The molecule has 1 aromatic carbocycles. The Morgan fingerprint density at radius 2 is 1.82 bits per heavy atom. The number of fused-ring (bicyclic) bond motifs is 1. The molecule has 2 N–H and O–H groups in total. The summed E-state index contributed by atoms with van der Waals surface area (Å²) in [7, 11) is 0. The summed E-state index contributed by atoms with van der Waals surface area (Å²) in [5, 5.41) is 5.68. The number of amides is 3. The molecule has 1 aromatic rings. The van der Waals surface area contributed by atoms with E-state index in [0.29, 0.717) is 31.0 Å². The first-order chi connectivity index (χ1) is 13.5. The molecule has 1 saturated carbocycles. The summed E-state index contributed by atoms with van der Waals surface area (Å²) in [4.78, 5) is 40.3. The van der Waals surface area contributed by atoms with E-state index in [9.17, 15) is 14.4 Å². The Balaban J connectivity index is 1.45. The molecule has 2 aliphatic heterocycles. The number of hydrogen-bond donors (Lipinski definition) is 2. The minimum Gasteiger partial charge on any atom is -0.352 e. The fourth-order valence-electron chi connectivity index (χ4n) is 4.61. The topological polar surface area (TPSA) is 81.8 Å². The number of carbonyl (C=O) groups excluding carboxylic acids is 3. The van der Waals surface area contributed by atoms with Crippen molar-refractivity contribution in [3.8, 4) is 0 Å². The molecule has 28 heavy (non-hydrogen) atoms. The normalized spacial score (nSPS) is 26.8. The van der Waals surface area contributed by atoms with Crippen LogP contribution in [0.2, 0.25) is 0 Å². The number of benzene rings is 1. The first-order valence-corrected chi connectivity index (χ1v) is 10.1.